The lowest BCUT2D eigenvalue weighted by Gasteiger charge is -2.10. The summed E-state index contributed by atoms with van der Waals surface area (Å²) >= 11 is 0. The molecule has 0 unspecified atom stereocenters. The highest BCUT2D eigenvalue weighted by Gasteiger charge is 2.13. The van der Waals surface area contributed by atoms with E-state index in [1.54, 1.807) is 36.4 Å². The molecule has 33 heavy (non-hydrogen) atoms. The molecular weight excluding hydrogens is 429 g/mol. The van der Waals surface area contributed by atoms with Crippen LogP contribution in [0.2, 0.25) is 0 Å². The van der Waals surface area contributed by atoms with Crippen LogP contribution in [-0.4, -0.2) is 26.7 Å². The molecule has 0 atom stereocenters. The van der Waals surface area contributed by atoms with Gasteiger partial charge in [0.25, 0.3) is 5.91 Å². The number of carbonyl (C=O) groups excluding carboxylic acids is 1. The van der Waals surface area contributed by atoms with Crippen LogP contribution < -0.4 is 25.0 Å². The summed E-state index contributed by atoms with van der Waals surface area (Å²) in [5.74, 6) is 0.486. The summed E-state index contributed by atoms with van der Waals surface area (Å²) in [4.78, 5) is 25.1. The van der Waals surface area contributed by atoms with Gasteiger partial charge in [-0.1, -0.05) is 12.1 Å². The summed E-state index contributed by atoms with van der Waals surface area (Å²) in [6.45, 7) is -0.296. The third-order valence-corrected chi connectivity index (χ3v) is 4.92. The number of fused-ring (bicyclic) bond motifs is 1. The fraction of sp³-hybridized carbons (Fsp3) is 0.120. The second-order valence-electron chi connectivity index (χ2n) is 7.05. The van der Waals surface area contributed by atoms with E-state index in [9.17, 15) is 14.0 Å². The van der Waals surface area contributed by atoms with E-state index in [-0.39, 0.29) is 12.0 Å². The first kappa shape index (κ1) is 21.9. The third kappa shape index (κ3) is 4.79. The topological polar surface area (TPSA) is 87.0 Å². The zero-order chi connectivity index (χ0) is 23.4. The van der Waals surface area contributed by atoms with E-state index in [0.29, 0.717) is 45.0 Å². The molecule has 0 radical (unpaired) electrons. The van der Waals surface area contributed by atoms with Gasteiger partial charge >= 0.3 is 0 Å². The van der Waals surface area contributed by atoms with Crippen LogP contribution in [0.3, 0.4) is 0 Å². The predicted octanol–water partition coefficient (Wildman–Crippen LogP) is 4.63. The maximum atomic E-state index is 13.2. The van der Waals surface area contributed by atoms with Gasteiger partial charge in [-0.15, -0.1) is 0 Å². The molecule has 0 spiro atoms. The Hall–Kier alpha value is -4.33. The average Bonchev–Trinajstić information content (AvgIpc) is 2.82. The second kappa shape index (κ2) is 9.44. The number of amides is 1. The highest BCUT2D eigenvalue weighted by molar-refractivity contribution is 5.92. The van der Waals surface area contributed by atoms with Crippen LogP contribution >= 0.6 is 0 Å². The smallest absolute Gasteiger partial charge is 0.262 e. The molecule has 0 aliphatic heterocycles. The Morgan fingerprint density at radius 1 is 1.00 bits per heavy atom. The Morgan fingerprint density at radius 3 is 2.58 bits per heavy atom. The summed E-state index contributed by atoms with van der Waals surface area (Å²) < 4.78 is 34.9. The van der Waals surface area contributed by atoms with E-state index in [4.69, 9.17) is 18.6 Å². The van der Waals surface area contributed by atoms with Crippen molar-refractivity contribution in [2.75, 3.05) is 26.1 Å². The molecule has 1 N–H and O–H groups in total. The third-order valence-electron chi connectivity index (χ3n) is 4.92. The van der Waals surface area contributed by atoms with E-state index < -0.39 is 11.7 Å². The van der Waals surface area contributed by atoms with Crippen molar-refractivity contribution in [3.8, 4) is 28.4 Å². The van der Waals surface area contributed by atoms with Gasteiger partial charge in [0.1, 0.15) is 23.4 Å². The Morgan fingerprint density at radius 2 is 1.82 bits per heavy atom. The Kier molecular flexibility index (Phi) is 6.26. The number of halogens is 1. The van der Waals surface area contributed by atoms with Gasteiger partial charge in [0.2, 0.25) is 0 Å². The summed E-state index contributed by atoms with van der Waals surface area (Å²) in [7, 11) is 3.05. The molecule has 0 saturated carbocycles. The molecule has 7 nitrogen and oxygen atoms in total. The number of hydrogen-bond donors (Lipinski definition) is 1. The molecule has 3 aromatic carbocycles. The van der Waals surface area contributed by atoms with E-state index >= 15 is 0 Å². The first-order valence-corrected chi connectivity index (χ1v) is 9.94. The van der Waals surface area contributed by atoms with Crippen LogP contribution in [0.25, 0.3) is 22.1 Å². The van der Waals surface area contributed by atoms with Gasteiger partial charge in [0.15, 0.2) is 23.5 Å². The van der Waals surface area contributed by atoms with Crippen LogP contribution in [0.4, 0.5) is 10.1 Å². The zero-order valence-corrected chi connectivity index (χ0v) is 17.9. The van der Waals surface area contributed by atoms with Crippen LogP contribution in [0.1, 0.15) is 0 Å². The van der Waals surface area contributed by atoms with Gasteiger partial charge in [0.05, 0.1) is 25.2 Å². The number of benzene rings is 3. The maximum Gasteiger partial charge on any atom is 0.262 e. The van der Waals surface area contributed by atoms with Gasteiger partial charge in [-0.25, -0.2) is 4.39 Å². The number of carbonyl (C=O) groups is 1. The maximum absolute atomic E-state index is 13.2. The standard InChI is InChI=1S/C25H20FNO6/c1-30-21-9-6-15(10-23(21)31-2)20-13-33-22-12-18(7-8-19(22)25(20)29)32-14-24(28)27-17-5-3-4-16(26)11-17/h3-13H,14H2,1-2H3,(H,27,28). The van der Waals surface area contributed by atoms with Crippen molar-refractivity contribution >= 4 is 22.6 Å². The van der Waals surface area contributed by atoms with Crippen molar-refractivity contribution in [3.63, 3.8) is 0 Å². The highest BCUT2D eigenvalue weighted by atomic mass is 19.1. The number of hydrogen-bond acceptors (Lipinski definition) is 6. The second-order valence-corrected chi connectivity index (χ2v) is 7.05. The lowest BCUT2D eigenvalue weighted by molar-refractivity contribution is -0.118. The monoisotopic (exact) mass is 449 g/mol. The minimum absolute atomic E-state index is 0.223. The predicted molar refractivity (Wildman–Crippen MR) is 122 cm³/mol. The van der Waals surface area contributed by atoms with Crippen LogP contribution in [0, 0.1) is 5.82 Å². The molecular formula is C25H20FNO6. The fourth-order valence-electron chi connectivity index (χ4n) is 3.31. The molecule has 0 fully saturated rings. The first-order chi connectivity index (χ1) is 16.0. The van der Waals surface area contributed by atoms with Crippen LogP contribution in [0.15, 0.2) is 76.1 Å². The van der Waals surface area contributed by atoms with Crippen molar-refractivity contribution < 1.29 is 27.8 Å². The molecule has 1 aromatic heterocycles. The quantitative estimate of drug-likeness (QED) is 0.443. The minimum Gasteiger partial charge on any atom is -0.493 e. The number of anilines is 1. The van der Waals surface area contributed by atoms with Crippen molar-refractivity contribution in [2.45, 2.75) is 0 Å². The highest BCUT2D eigenvalue weighted by Crippen LogP contribution is 2.32. The average molecular weight is 449 g/mol. The molecule has 4 aromatic rings. The molecule has 8 heteroatoms. The van der Waals surface area contributed by atoms with Gasteiger partial charge in [-0.05, 0) is 48.0 Å². The van der Waals surface area contributed by atoms with Crippen molar-refractivity contribution in [2.24, 2.45) is 0 Å². The number of nitrogens with one attached hydrogen (secondary N) is 1. The summed E-state index contributed by atoms with van der Waals surface area (Å²) in [5, 5.41) is 2.91. The molecule has 0 saturated heterocycles. The first-order valence-electron chi connectivity index (χ1n) is 9.94. The summed E-state index contributed by atoms with van der Waals surface area (Å²) in [5.41, 5.74) is 1.41. The Labute approximate surface area is 188 Å². The Bertz CT molecular complexity index is 1380. The normalized spacial score (nSPS) is 10.6. The van der Waals surface area contributed by atoms with Crippen molar-refractivity contribution in [1.29, 1.82) is 0 Å². The summed E-state index contributed by atoms with van der Waals surface area (Å²) in [6.07, 6.45) is 1.37. The lowest BCUT2D eigenvalue weighted by atomic mass is 10.0. The fourth-order valence-corrected chi connectivity index (χ4v) is 3.31. The van der Waals surface area contributed by atoms with Gasteiger partial charge in [-0.3, -0.25) is 9.59 Å². The lowest BCUT2D eigenvalue weighted by Crippen LogP contribution is -2.20. The molecule has 0 bridgehead atoms. The molecule has 1 amide bonds. The SMILES string of the molecule is COc1ccc(-c2coc3cc(OCC(=O)Nc4cccc(F)c4)ccc3c2=O)cc1OC. The largest absolute Gasteiger partial charge is 0.493 e. The Balaban J connectivity index is 1.52. The van der Waals surface area contributed by atoms with Crippen molar-refractivity contribution in [1.82, 2.24) is 0 Å². The van der Waals surface area contributed by atoms with E-state index in [0.717, 1.165) is 0 Å². The molecule has 0 aliphatic rings. The van der Waals surface area contributed by atoms with E-state index in [1.165, 1.54) is 44.7 Å². The van der Waals surface area contributed by atoms with Crippen LogP contribution in [0.5, 0.6) is 17.2 Å². The number of rotatable bonds is 7. The van der Waals surface area contributed by atoms with Crippen LogP contribution in [-0.2, 0) is 4.79 Å². The molecule has 0 aliphatic carbocycles. The minimum atomic E-state index is -0.453. The molecule has 1 heterocycles. The summed E-state index contributed by atoms with van der Waals surface area (Å²) in [6, 6.07) is 15.4. The number of ether oxygens (including phenoxy) is 3. The van der Waals surface area contributed by atoms with E-state index in [1.807, 2.05) is 0 Å². The van der Waals surface area contributed by atoms with Crippen molar-refractivity contribution in [3.05, 3.63) is 83.0 Å². The molecule has 4 rings (SSSR count). The molecule has 168 valence electrons. The van der Waals surface area contributed by atoms with Gasteiger partial charge in [-0.2, -0.15) is 0 Å². The van der Waals surface area contributed by atoms with Gasteiger partial charge < -0.3 is 23.9 Å². The number of methoxy groups -OCH3 is 2. The zero-order valence-electron chi connectivity index (χ0n) is 17.9. The van der Waals surface area contributed by atoms with E-state index in [2.05, 4.69) is 5.32 Å². The van der Waals surface area contributed by atoms with Gasteiger partial charge in [0, 0.05) is 11.8 Å².